The number of ether oxygens (including phenoxy) is 1. The molecule has 1 aliphatic carbocycles. The van der Waals surface area contributed by atoms with E-state index in [1.54, 1.807) is 30.0 Å². The van der Waals surface area contributed by atoms with Gasteiger partial charge >= 0.3 is 0 Å². The largest absolute Gasteiger partial charge is 0.481 e. The number of nitrogens with two attached hydrogens (primary N) is 1. The van der Waals surface area contributed by atoms with Crippen molar-refractivity contribution in [1.82, 2.24) is 29.8 Å². The van der Waals surface area contributed by atoms with Gasteiger partial charge < -0.3 is 21.1 Å². The summed E-state index contributed by atoms with van der Waals surface area (Å²) in [7, 11) is 1.55. The first-order chi connectivity index (χ1) is 19.9. The molecule has 6 rings (SSSR count). The number of nitrogens with one attached hydrogen (secondary N) is 2. The molecule has 0 aliphatic heterocycles. The number of nitrogens with zero attached hydrogens (tertiary/aromatic N) is 5. The third-order valence-corrected chi connectivity index (χ3v) is 6.90. The number of amides is 1. The van der Waals surface area contributed by atoms with E-state index in [1.165, 1.54) is 6.20 Å². The second-order valence-electron chi connectivity index (χ2n) is 9.84. The number of nitrogen functional groups attached to an aromatic ring is 1. The van der Waals surface area contributed by atoms with Crippen LogP contribution in [-0.4, -0.2) is 43.6 Å². The number of methoxy groups -OCH3 is 1. The van der Waals surface area contributed by atoms with Crippen molar-refractivity contribution in [2.75, 3.05) is 18.2 Å². The first kappa shape index (κ1) is 25.9. The fraction of sp³-hybridized carbons (Fsp3) is 0.200. The van der Waals surface area contributed by atoms with Crippen LogP contribution >= 0.6 is 0 Å². The SMILES string of the molecule is COc1cc(-c2cccc3nc(C(C)Nc4nc(N)ncc4C(=O)NC4CC4)n(-c4ccccc4)c(=O)c23)ccn1. The Morgan fingerprint density at radius 3 is 2.63 bits per heavy atom. The van der Waals surface area contributed by atoms with E-state index in [0.29, 0.717) is 33.9 Å². The van der Waals surface area contributed by atoms with Crippen molar-refractivity contribution in [3.05, 3.63) is 94.8 Å². The number of aromatic nitrogens is 5. The van der Waals surface area contributed by atoms with E-state index in [4.69, 9.17) is 15.5 Å². The maximum absolute atomic E-state index is 14.4. The van der Waals surface area contributed by atoms with Gasteiger partial charge in [0, 0.05) is 24.5 Å². The van der Waals surface area contributed by atoms with Gasteiger partial charge in [0.15, 0.2) is 0 Å². The lowest BCUT2D eigenvalue weighted by Gasteiger charge is -2.22. The number of hydrogen-bond acceptors (Lipinski definition) is 9. The summed E-state index contributed by atoms with van der Waals surface area (Å²) in [4.78, 5) is 44.8. The molecule has 1 amide bonds. The molecule has 3 heterocycles. The van der Waals surface area contributed by atoms with Crippen LogP contribution < -0.4 is 26.7 Å². The molecule has 1 unspecified atom stereocenters. The van der Waals surface area contributed by atoms with Gasteiger partial charge in [-0.25, -0.2) is 15.0 Å². The number of anilines is 2. The lowest BCUT2D eigenvalue weighted by Crippen LogP contribution is -2.29. The second kappa shape index (κ2) is 10.7. The highest BCUT2D eigenvalue weighted by atomic mass is 16.5. The van der Waals surface area contributed by atoms with Crippen molar-refractivity contribution in [3.63, 3.8) is 0 Å². The minimum Gasteiger partial charge on any atom is -0.481 e. The molecule has 0 radical (unpaired) electrons. The Kier molecular flexibility index (Phi) is 6.76. The summed E-state index contributed by atoms with van der Waals surface area (Å²) >= 11 is 0. The number of benzene rings is 2. The summed E-state index contributed by atoms with van der Waals surface area (Å²) in [6, 6.07) is 18.1. The van der Waals surface area contributed by atoms with Crippen LogP contribution in [0.5, 0.6) is 5.88 Å². The minimum absolute atomic E-state index is 0.0204. The van der Waals surface area contributed by atoms with Gasteiger partial charge in [0.25, 0.3) is 11.5 Å². The zero-order chi connectivity index (χ0) is 28.5. The van der Waals surface area contributed by atoms with E-state index in [-0.39, 0.29) is 34.8 Å². The molecule has 0 bridgehead atoms. The Balaban J connectivity index is 1.50. The topological polar surface area (TPSA) is 150 Å². The molecule has 0 saturated heterocycles. The highest BCUT2D eigenvalue weighted by Crippen LogP contribution is 2.30. The quantitative estimate of drug-likeness (QED) is 0.262. The first-order valence-electron chi connectivity index (χ1n) is 13.2. The van der Waals surface area contributed by atoms with E-state index in [9.17, 15) is 9.59 Å². The summed E-state index contributed by atoms with van der Waals surface area (Å²) in [6.45, 7) is 1.85. The summed E-state index contributed by atoms with van der Waals surface area (Å²) < 4.78 is 6.89. The maximum atomic E-state index is 14.4. The van der Waals surface area contributed by atoms with Crippen molar-refractivity contribution >= 4 is 28.6 Å². The fourth-order valence-electron chi connectivity index (χ4n) is 4.73. The van der Waals surface area contributed by atoms with Gasteiger partial charge in [0.1, 0.15) is 17.2 Å². The lowest BCUT2D eigenvalue weighted by molar-refractivity contribution is 0.0951. The van der Waals surface area contributed by atoms with Crippen LogP contribution in [0.25, 0.3) is 27.7 Å². The summed E-state index contributed by atoms with van der Waals surface area (Å²) in [5.41, 5.74) is 8.56. The van der Waals surface area contributed by atoms with Gasteiger partial charge in [-0.15, -0.1) is 0 Å². The van der Waals surface area contributed by atoms with Gasteiger partial charge in [-0.2, -0.15) is 4.98 Å². The van der Waals surface area contributed by atoms with Crippen LogP contribution in [0.4, 0.5) is 11.8 Å². The van der Waals surface area contributed by atoms with Crippen LogP contribution in [0.3, 0.4) is 0 Å². The minimum atomic E-state index is -0.557. The van der Waals surface area contributed by atoms with Gasteiger partial charge in [-0.1, -0.05) is 30.3 Å². The van der Waals surface area contributed by atoms with Crippen LogP contribution in [0.1, 0.15) is 42.0 Å². The zero-order valence-corrected chi connectivity index (χ0v) is 22.5. The summed E-state index contributed by atoms with van der Waals surface area (Å²) in [5.74, 6) is 0.869. The number of carbonyl (C=O) groups is 1. The Morgan fingerprint density at radius 2 is 1.88 bits per heavy atom. The van der Waals surface area contributed by atoms with Crippen LogP contribution in [0.15, 0.2) is 77.9 Å². The Bertz CT molecular complexity index is 1820. The van der Waals surface area contributed by atoms with Gasteiger partial charge in [0.2, 0.25) is 11.8 Å². The Hall–Kier alpha value is -5.32. The highest BCUT2D eigenvalue weighted by molar-refractivity contribution is 5.99. The molecule has 2 aromatic carbocycles. The normalized spacial score (nSPS) is 13.5. The van der Waals surface area contributed by atoms with Gasteiger partial charge in [0.05, 0.1) is 29.7 Å². The summed E-state index contributed by atoms with van der Waals surface area (Å²) in [5, 5.41) is 6.68. The molecular formula is C30H28N8O3. The van der Waals surface area contributed by atoms with E-state index in [2.05, 4.69) is 25.6 Å². The third kappa shape index (κ3) is 5.17. The van der Waals surface area contributed by atoms with E-state index >= 15 is 0 Å². The number of para-hydroxylation sites is 1. The van der Waals surface area contributed by atoms with Crippen molar-refractivity contribution < 1.29 is 9.53 Å². The molecule has 4 N–H and O–H groups in total. The van der Waals surface area contributed by atoms with Crippen molar-refractivity contribution in [1.29, 1.82) is 0 Å². The monoisotopic (exact) mass is 548 g/mol. The standard InChI is InChI=1S/C30H28N8O3/c1-17(34-26-22(16-33-30(31)37-26)28(39)35-19-11-12-19)27-36-23-10-6-9-21(18-13-14-32-24(15-18)41-2)25(23)29(40)38(27)20-7-4-3-5-8-20/h3-10,13-17,19H,11-12H2,1-2H3,(H,35,39)(H3,31,33,34,37). The van der Waals surface area contributed by atoms with Crippen molar-refractivity contribution in [3.8, 4) is 22.7 Å². The number of pyridine rings is 1. The van der Waals surface area contributed by atoms with Crippen LogP contribution in [0, 0.1) is 0 Å². The predicted molar refractivity (Wildman–Crippen MR) is 156 cm³/mol. The lowest BCUT2D eigenvalue weighted by atomic mass is 10.0. The van der Waals surface area contributed by atoms with Crippen LogP contribution in [-0.2, 0) is 0 Å². The fourth-order valence-corrected chi connectivity index (χ4v) is 4.73. The predicted octanol–water partition coefficient (Wildman–Crippen LogP) is 3.89. The maximum Gasteiger partial charge on any atom is 0.266 e. The van der Waals surface area contributed by atoms with Crippen molar-refractivity contribution in [2.45, 2.75) is 31.8 Å². The number of fused-ring (bicyclic) bond motifs is 1. The molecule has 0 spiro atoms. The van der Waals surface area contributed by atoms with Crippen LogP contribution in [0.2, 0.25) is 0 Å². The smallest absolute Gasteiger partial charge is 0.266 e. The Labute approximate surface area is 235 Å². The molecule has 3 aromatic heterocycles. The molecule has 41 heavy (non-hydrogen) atoms. The number of hydrogen-bond donors (Lipinski definition) is 3. The van der Waals surface area contributed by atoms with E-state index in [0.717, 1.165) is 18.4 Å². The molecule has 11 heteroatoms. The average molecular weight is 549 g/mol. The molecule has 1 saturated carbocycles. The first-order valence-corrected chi connectivity index (χ1v) is 13.2. The molecule has 1 atom stereocenters. The number of carbonyl (C=O) groups excluding carboxylic acids is 1. The highest BCUT2D eigenvalue weighted by Gasteiger charge is 2.27. The average Bonchev–Trinajstić information content (AvgIpc) is 3.81. The van der Waals surface area contributed by atoms with Gasteiger partial charge in [-0.05, 0) is 55.2 Å². The van der Waals surface area contributed by atoms with E-state index < -0.39 is 6.04 Å². The molecule has 11 nitrogen and oxygen atoms in total. The molecular weight excluding hydrogens is 520 g/mol. The van der Waals surface area contributed by atoms with Gasteiger partial charge in [-0.3, -0.25) is 14.2 Å². The second-order valence-corrected chi connectivity index (χ2v) is 9.84. The summed E-state index contributed by atoms with van der Waals surface area (Å²) in [6.07, 6.45) is 4.93. The van der Waals surface area contributed by atoms with Crippen molar-refractivity contribution in [2.24, 2.45) is 0 Å². The zero-order valence-electron chi connectivity index (χ0n) is 22.5. The molecule has 5 aromatic rings. The number of rotatable bonds is 8. The molecule has 1 aliphatic rings. The van der Waals surface area contributed by atoms with E-state index in [1.807, 2.05) is 55.5 Å². The Morgan fingerprint density at radius 1 is 1.07 bits per heavy atom. The molecule has 1 fully saturated rings. The third-order valence-electron chi connectivity index (χ3n) is 6.90. The molecule has 206 valence electrons.